The maximum Gasteiger partial charge on any atom is 0.339 e. The number of hydrogen-bond acceptors (Lipinski definition) is 6. The summed E-state index contributed by atoms with van der Waals surface area (Å²) < 4.78 is 6.72. The van der Waals surface area contributed by atoms with Crippen molar-refractivity contribution < 1.29 is 19.1 Å². The van der Waals surface area contributed by atoms with Gasteiger partial charge in [0.05, 0.1) is 11.3 Å². The molecule has 150 valence electrons. The molecule has 4 aromatic rings. The van der Waals surface area contributed by atoms with Gasteiger partial charge < -0.3 is 4.74 Å². The van der Waals surface area contributed by atoms with Crippen molar-refractivity contribution in [3.63, 3.8) is 0 Å². The molecule has 0 unspecified atom stereocenters. The van der Waals surface area contributed by atoms with Gasteiger partial charge in [-0.05, 0) is 18.2 Å². The molecule has 31 heavy (non-hydrogen) atoms. The summed E-state index contributed by atoms with van der Waals surface area (Å²) in [5.41, 5.74) is 1.17. The lowest BCUT2D eigenvalue weighted by Gasteiger charge is -2.19. The molecule has 7 heteroatoms. The number of ketones is 2. The molecule has 0 spiro atoms. The van der Waals surface area contributed by atoms with Crippen molar-refractivity contribution in [1.29, 1.82) is 0 Å². The lowest BCUT2D eigenvalue weighted by Crippen LogP contribution is -2.24. The van der Waals surface area contributed by atoms with Crippen LogP contribution in [0.25, 0.3) is 5.65 Å². The molecule has 1 aliphatic rings. The van der Waals surface area contributed by atoms with Crippen molar-refractivity contribution >= 4 is 23.2 Å². The number of fused-ring (bicyclic) bond motifs is 3. The summed E-state index contributed by atoms with van der Waals surface area (Å²) in [4.78, 5) is 55.2. The fourth-order valence-electron chi connectivity index (χ4n) is 3.71. The van der Waals surface area contributed by atoms with Crippen LogP contribution < -0.4 is 5.56 Å². The number of hydrogen-bond donors (Lipinski definition) is 0. The minimum atomic E-state index is -0.771. The maximum absolute atomic E-state index is 13.0. The molecule has 2 aromatic heterocycles. The molecule has 0 saturated heterocycles. The first-order valence-corrected chi connectivity index (χ1v) is 9.50. The molecule has 0 radical (unpaired) electrons. The van der Waals surface area contributed by atoms with E-state index < -0.39 is 11.8 Å². The molecule has 2 heterocycles. The van der Waals surface area contributed by atoms with Gasteiger partial charge in [0.1, 0.15) is 12.3 Å². The zero-order valence-corrected chi connectivity index (χ0v) is 16.1. The van der Waals surface area contributed by atoms with Crippen molar-refractivity contribution in [3.05, 3.63) is 117 Å². The van der Waals surface area contributed by atoms with Gasteiger partial charge in [-0.2, -0.15) is 0 Å². The Morgan fingerprint density at radius 3 is 2.35 bits per heavy atom. The smallest absolute Gasteiger partial charge is 0.339 e. The zero-order valence-electron chi connectivity index (χ0n) is 16.1. The van der Waals surface area contributed by atoms with Gasteiger partial charge in [-0.3, -0.25) is 18.8 Å². The topological polar surface area (TPSA) is 94.8 Å². The number of benzene rings is 2. The van der Waals surface area contributed by atoms with Crippen LogP contribution in [0.3, 0.4) is 0 Å². The van der Waals surface area contributed by atoms with E-state index in [2.05, 4.69) is 4.98 Å². The van der Waals surface area contributed by atoms with Crippen LogP contribution in [-0.2, 0) is 11.3 Å². The lowest BCUT2D eigenvalue weighted by molar-refractivity contribution is 0.0465. The maximum atomic E-state index is 13.0. The summed E-state index contributed by atoms with van der Waals surface area (Å²) in [5.74, 6) is -1.49. The number of esters is 1. The second kappa shape index (κ2) is 7.14. The van der Waals surface area contributed by atoms with Gasteiger partial charge >= 0.3 is 5.97 Å². The number of nitrogens with zero attached hydrogens (tertiary/aromatic N) is 2. The Kier molecular flexibility index (Phi) is 4.29. The molecular weight excluding hydrogens is 396 g/mol. The molecule has 0 bridgehead atoms. The van der Waals surface area contributed by atoms with Crippen LogP contribution in [0, 0.1) is 0 Å². The Morgan fingerprint density at radius 2 is 1.55 bits per heavy atom. The van der Waals surface area contributed by atoms with Crippen molar-refractivity contribution in [2.24, 2.45) is 0 Å². The predicted molar refractivity (Wildman–Crippen MR) is 110 cm³/mol. The van der Waals surface area contributed by atoms with E-state index in [1.165, 1.54) is 28.7 Å². The Morgan fingerprint density at radius 1 is 0.839 bits per heavy atom. The van der Waals surface area contributed by atoms with E-state index >= 15 is 0 Å². The van der Waals surface area contributed by atoms with E-state index in [9.17, 15) is 19.2 Å². The lowest BCUT2D eigenvalue weighted by atomic mass is 9.82. The summed E-state index contributed by atoms with van der Waals surface area (Å²) in [6.07, 6.45) is 1.59. The standard InChI is InChI=1S/C24H14N2O5/c27-20-12-14(25-19-10-3-4-11-26(19)20)13-31-24(30)18-9-5-8-17-21(18)23(29)16-7-2-1-6-15(16)22(17)28/h1-12H,13H2. The van der Waals surface area contributed by atoms with Crippen LogP contribution in [0.5, 0.6) is 0 Å². The first-order chi connectivity index (χ1) is 15.0. The van der Waals surface area contributed by atoms with Crippen LogP contribution in [-0.4, -0.2) is 26.9 Å². The fraction of sp³-hybridized carbons (Fsp3) is 0.0417. The first kappa shape index (κ1) is 18.6. The normalized spacial score (nSPS) is 12.4. The van der Waals surface area contributed by atoms with Gasteiger partial charge in [0, 0.05) is 34.5 Å². The highest BCUT2D eigenvalue weighted by molar-refractivity contribution is 6.30. The molecule has 0 fully saturated rings. The average Bonchev–Trinajstić information content (AvgIpc) is 2.80. The second-order valence-electron chi connectivity index (χ2n) is 7.02. The van der Waals surface area contributed by atoms with Crippen molar-refractivity contribution in [2.45, 2.75) is 6.61 Å². The predicted octanol–water partition coefficient (Wildman–Crippen LogP) is 2.83. The fourth-order valence-corrected chi connectivity index (χ4v) is 3.71. The zero-order chi connectivity index (χ0) is 21.5. The molecule has 2 aromatic carbocycles. The van der Waals surface area contributed by atoms with Gasteiger partial charge in [0.25, 0.3) is 5.56 Å². The molecule has 0 N–H and O–H groups in total. The third-order valence-electron chi connectivity index (χ3n) is 5.15. The molecule has 5 rings (SSSR count). The third-order valence-corrected chi connectivity index (χ3v) is 5.15. The highest BCUT2D eigenvalue weighted by Gasteiger charge is 2.33. The number of aromatic nitrogens is 2. The molecule has 7 nitrogen and oxygen atoms in total. The van der Waals surface area contributed by atoms with E-state index in [0.29, 0.717) is 11.2 Å². The van der Waals surface area contributed by atoms with Crippen molar-refractivity contribution in [3.8, 4) is 0 Å². The molecule has 0 amide bonds. The highest BCUT2D eigenvalue weighted by atomic mass is 16.5. The van der Waals surface area contributed by atoms with Gasteiger partial charge in [0.2, 0.25) is 0 Å². The van der Waals surface area contributed by atoms with E-state index in [1.807, 2.05) is 0 Å². The second-order valence-corrected chi connectivity index (χ2v) is 7.02. The number of carbonyl (C=O) groups is 3. The molecule has 1 aliphatic carbocycles. The van der Waals surface area contributed by atoms with Crippen molar-refractivity contribution in [1.82, 2.24) is 9.38 Å². The minimum Gasteiger partial charge on any atom is -0.456 e. The first-order valence-electron chi connectivity index (χ1n) is 9.50. The molecule has 0 atom stereocenters. The summed E-state index contributed by atoms with van der Waals surface area (Å²) in [7, 11) is 0. The summed E-state index contributed by atoms with van der Waals surface area (Å²) in [5, 5.41) is 0. The van der Waals surface area contributed by atoms with Crippen LogP contribution in [0.2, 0.25) is 0 Å². The average molecular weight is 410 g/mol. The number of rotatable bonds is 3. The Hall–Kier alpha value is -4.39. The molecular formula is C24H14N2O5. The summed E-state index contributed by atoms with van der Waals surface area (Å²) in [6.45, 7) is -0.248. The van der Waals surface area contributed by atoms with E-state index in [1.54, 1.807) is 48.7 Å². The Labute approximate surface area is 175 Å². The quantitative estimate of drug-likeness (QED) is 0.425. The Bertz CT molecular complexity index is 1470. The molecule has 0 saturated carbocycles. The Balaban J connectivity index is 1.47. The summed E-state index contributed by atoms with van der Waals surface area (Å²) >= 11 is 0. The van der Waals surface area contributed by atoms with E-state index in [4.69, 9.17) is 4.74 Å². The van der Waals surface area contributed by atoms with Crippen LogP contribution in [0.1, 0.15) is 47.9 Å². The van der Waals surface area contributed by atoms with Crippen LogP contribution in [0.15, 0.2) is 77.7 Å². The largest absolute Gasteiger partial charge is 0.456 e. The van der Waals surface area contributed by atoms with Gasteiger partial charge in [-0.1, -0.05) is 42.5 Å². The van der Waals surface area contributed by atoms with Gasteiger partial charge in [-0.25, -0.2) is 9.78 Å². The van der Waals surface area contributed by atoms with Crippen LogP contribution in [0.4, 0.5) is 0 Å². The number of ether oxygens (including phenoxy) is 1. The minimum absolute atomic E-state index is 0.00265. The highest BCUT2D eigenvalue weighted by Crippen LogP contribution is 2.29. The van der Waals surface area contributed by atoms with Gasteiger partial charge in [0.15, 0.2) is 11.6 Å². The van der Waals surface area contributed by atoms with Crippen LogP contribution >= 0.6 is 0 Å². The van der Waals surface area contributed by atoms with Gasteiger partial charge in [-0.15, -0.1) is 0 Å². The monoisotopic (exact) mass is 410 g/mol. The third kappa shape index (κ3) is 3.03. The number of carbonyl (C=O) groups excluding carboxylic acids is 3. The SMILES string of the molecule is O=C(OCc1cc(=O)n2ccccc2n1)c1cccc2c1C(=O)c1ccccc1C2=O. The summed E-state index contributed by atoms with van der Waals surface area (Å²) in [6, 6.07) is 17.4. The van der Waals surface area contributed by atoms with E-state index in [-0.39, 0.29) is 45.9 Å². The van der Waals surface area contributed by atoms with E-state index in [0.717, 1.165) is 0 Å². The molecule has 0 aliphatic heterocycles. The number of pyridine rings is 1. The van der Waals surface area contributed by atoms with Crippen molar-refractivity contribution in [2.75, 3.05) is 0 Å².